The first kappa shape index (κ1) is 18.4. The van der Waals surface area contributed by atoms with Gasteiger partial charge in [-0.15, -0.1) is 0 Å². The van der Waals surface area contributed by atoms with Gasteiger partial charge in [-0.1, -0.05) is 0 Å². The zero-order chi connectivity index (χ0) is 21.0. The number of fused-ring (bicyclic) bond motifs is 1. The summed E-state index contributed by atoms with van der Waals surface area (Å²) in [5.74, 6) is -1.08. The van der Waals surface area contributed by atoms with Gasteiger partial charge in [-0.3, -0.25) is 14.0 Å². The number of nitrogens with zero attached hydrogens (tertiary/aromatic N) is 7. The molecule has 0 amide bonds. The molecule has 4 aromatic heterocycles. The Labute approximate surface area is 172 Å². The van der Waals surface area contributed by atoms with Gasteiger partial charge >= 0.3 is 5.97 Å². The molecule has 0 atom stereocenters. The average Bonchev–Trinajstić information content (AvgIpc) is 3.32. The van der Waals surface area contributed by atoms with Crippen LogP contribution < -0.4 is 10.3 Å². The molecule has 0 aliphatic carbocycles. The molecule has 10 nitrogen and oxygen atoms in total. The minimum absolute atomic E-state index is 0.0204. The van der Waals surface area contributed by atoms with Gasteiger partial charge in [-0.25, -0.2) is 19.2 Å². The zero-order valence-electron chi connectivity index (χ0n) is 15.6. The van der Waals surface area contributed by atoms with Crippen molar-refractivity contribution < 1.29 is 14.3 Å². The molecule has 0 bridgehead atoms. The number of hydrogen-bond acceptors (Lipinski definition) is 8. The maximum Gasteiger partial charge on any atom is 0.341 e. The van der Waals surface area contributed by atoms with E-state index >= 15 is 0 Å². The van der Waals surface area contributed by atoms with Crippen LogP contribution in [0.5, 0.6) is 0 Å². The van der Waals surface area contributed by atoms with Crippen LogP contribution in [-0.2, 0) is 0 Å². The van der Waals surface area contributed by atoms with Gasteiger partial charge < -0.3 is 10.0 Å². The van der Waals surface area contributed by atoms with Gasteiger partial charge in [0.1, 0.15) is 17.7 Å². The van der Waals surface area contributed by atoms with Crippen molar-refractivity contribution in [2.45, 2.75) is 13.0 Å². The topological polar surface area (TPSA) is 119 Å². The predicted octanol–water partition coefficient (Wildman–Crippen LogP) is 1.64. The number of carboxylic acids is 1. The fraction of sp³-hybridized carbons (Fsp3) is 0.222. The van der Waals surface area contributed by atoms with Crippen molar-refractivity contribution in [3.8, 4) is 5.13 Å². The Morgan fingerprint density at radius 1 is 1.33 bits per heavy atom. The van der Waals surface area contributed by atoms with Crippen LogP contribution in [-0.4, -0.2) is 52.9 Å². The molecule has 152 valence electrons. The summed E-state index contributed by atoms with van der Waals surface area (Å²) in [5.41, 5.74) is -0.0383. The number of anilines is 1. The van der Waals surface area contributed by atoms with E-state index in [1.807, 2.05) is 4.90 Å². The van der Waals surface area contributed by atoms with Gasteiger partial charge in [0.2, 0.25) is 10.6 Å². The highest BCUT2D eigenvalue weighted by Gasteiger charge is 2.31. The monoisotopic (exact) mass is 427 g/mol. The van der Waals surface area contributed by atoms with Crippen molar-refractivity contribution in [3.63, 3.8) is 0 Å². The Morgan fingerprint density at radius 3 is 2.77 bits per heavy atom. The SMILES string of the molecule is Cc1cc(N2CC(n3cc(F)cn3)C2)nc2c1c(=O)c(C(=O)O)cn2-c1ncns1. The Hall–Kier alpha value is -3.67. The van der Waals surface area contributed by atoms with Crippen molar-refractivity contribution in [2.75, 3.05) is 18.0 Å². The summed E-state index contributed by atoms with van der Waals surface area (Å²) in [7, 11) is 0. The van der Waals surface area contributed by atoms with E-state index in [9.17, 15) is 19.1 Å². The average molecular weight is 427 g/mol. The third-order valence-corrected chi connectivity index (χ3v) is 5.72. The number of hydrogen-bond donors (Lipinski definition) is 1. The second kappa shape index (κ2) is 6.69. The van der Waals surface area contributed by atoms with Gasteiger partial charge in [0.15, 0.2) is 11.5 Å². The largest absolute Gasteiger partial charge is 0.477 e. The van der Waals surface area contributed by atoms with Crippen LogP contribution in [0.15, 0.2) is 35.8 Å². The van der Waals surface area contributed by atoms with Crippen LogP contribution in [0.1, 0.15) is 22.0 Å². The Morgan fingerprint density at radius 2 is 2.13 bits per heavy atom. The molecule has 12 heteroatoms. The molecule has 4 aromatic rings. The quantitative estimate of drug-likeness (QED) is 0.522. The lowest BCUT2D eigenvalue weighted by atomic mass is 10.1. The highest BCUT2D eigenvalue weighted by atomic mass is 32.1. The first-order valence-electron chi connectivity index (χ1n) is 8.94. The molecular formula is C18H14FN7O3S. The van der Waals surface area contributed by atoms with E-state index in [4.69, 9.17) is 0 Å². The van der Waals surface area contributed by atoms with E-state index in [1.165, 1.54) is 29.5 Å². The molecule has 1 fully saturated rings. The number of rotatable bonds is 4. The van der Waals surface area contributed by atoms with Crippen molar-refractivity contribution in [1.82, 2.24) is 28.7 Å². The number of aromatic carboxylic acids is 1. The van der Waals surface area contributed by atoms with Crippen LogP contribution >= 0.6 is 11.5 Å². The molecule has 1 saturated heterocycles. The first-order chi connectivity index (χ1) is 14.4. The summed E-state index contributed by atoms with van der Waals surface area (Å²) in [5, 5.41) is 14.1. The summed E-state index contributed by atoms with van der Waals surface area (Å²) in [6.07, 6.45) is 5.10. The van der Waals surface area contributed by atoms with Crippen LogP contribution in [0.3, 0.4) is 0 Å². The third kappa shape index (κ3) is 2.84. The standard InChI is InChI=1S/C18H14FN7O3S/c1-9-2-13(24-5-11(6-24)26-4-10(19)3-21-26)23-16-14(9)15(27)12(17(28)29)7-25(16)18-20-8-22-30-18/h2-4,7-8,11H,5-6H2,1H3,(H,28,29). The van der Waals surface area contributed by atoms with E-state index in [1.54, 1.807) is 17.7 Å². The van der Waals surface area contributed by atoms with Gasteiger partial charge in [0.05, 0.1) is 23.8 Å². The highest BCUT2D eigenvalue weighted by molar-refractivity contribution is 7.08. The zero-order valence-corrected chi connectivity index (χ0v) is 16.4. The van der Waals surface area contributed by atoms with Crippen LogP contribution in [0.2, 0.25) is 0 Å². The summed E-state index contributed by atoms with van der Waals surface area (Å²) in [6.45, 7) is 2.90. The van der Waals surface area contributed by atoms with Crippen LogP contribution in [0.4, 0.5) is 10.2 Å². The summed E-state index contributed by atoms with van der Waals surface area (Å²) in [6, 6.07) is 1.77. The number of aromatic nitrogens is 6. The van der Waals surface area contributed by atoms with E-state index in [-0.39, 0.29) is 22.8 Å². The fourth-order valence-corrected chi connectivity index (χ4v) is 4.05. The summed E-state index contributed by atoms with van der Waals surface area (Å²) < 4.78 is 20.2. The molecule has 5 rings (SSSR count). The molecular weight excluding hydrogens is 413 g/mol. The van der Waals surface area contributed by atoms with Gasteiger partial charge in [0.25, 0.3) is 0 Å². The maximum atomic E-state index is 13.2. The summed E-state index contributed by atoms with van der Waals surface area (Å²) in [4.78, 5) is 35.1. The maximum absolute atomic E-state index is 13.2. The minimum atomic E-state index is -1.32. The molecule has 0 radical (unpaired) electrons. The lowest BCUT2D eigenvalue weighted by molar-refractivity contribution is 0.0695. The molecule has 0 unspecified atom stereocenters. The van der Waals surface area contributed by atoms with Gasteiger partial charge in [-0.2, -0.15) is 9.47 Å². The van der Waals surface area contributed by atoms with Crippen molar-refractivity contribution in [3.05, 3.63) is 58.2 Å². The second-order valence-electron chi connectivity index (χ2n) is 6.96. The normalized spacial score (nSPS) is 14.3. The molecule has 5 heterocycles. The molecule has 0 spiro atoms. The third-order valence-electron chi connectivity index (χ3n) is 5.06. The van der Waals surface area contributed by atoms with E-state index in [0.717, 1.165) is 11.5 Å². The van der Waals surface area contributed by atoms with Crippen LogP contribution in [0, 0.1) is 12.7 Å². The van der Waals surface area contributed by atoms with E-state index < -0.39 is 11.4 Å². The Balaban J connectivity index is 1.61. The second-order valence-corrected chi connectivity index (χ2v) is 7.72. The molecule has 1 N–H and O–H groups in total. The molecule has 1 aliphatic heterocycles. The van der Waals surface area contributed by atoms with Crippen molar-refractivity contribution in [2.24, 2.45) is 0 Å². The van der Waals surface area contributed by atoms with Crippen molar-refractivity contribution in [1.29, 1.82) is 0 Å². The Bertz CT molecular complexity index is 1340. The highest BCUT2D eigenvalue weighted by Crippen LogP contribution is 2.29. The molecule has 0 aromatic carbocycles. The predicted molar refractivity (Wildman–Crippen MR) is 106 cm³/mol. The number of carbonyl (C=O) groups is 1. The smallest absolute Gasteiger partial charge is 0.341 e. The molecule has 30 heavy (non-hydrogen) atoms. The number of aryl methyl sites for hydroxylation is 1. The van der Waals surface area contributed by atoms with Crippen LogP contribution in [0.25, 0.3) is 16.2 Å². The number of halogens is 1. The van der Waals surface area contributed by atoms with Gasteiger partial charge in [-0.05, 0) is 18.6 Å². The molecule has 0 saturated carbocycles. The molecule has 1 aliphatic rings. The fourth-order valence-electron chi connectivity index (χ4n) is 3.54. The lowest BCUT2D eigenvalue weighted by Gasteiger charge is -2.40. The minimum Gasteiger partial charge on any atom is -0.477 e. The number of carboxylic acid groups (broad SMARTS) is 1. The van der Waals surface area contributed by atoms with E-state index in [0.29, 0.717) is 35.2 Å². The number of pyridine rings is 2. The lowest BCUT2D eigenvalue weighted by Crippen LogP contribution is -2.48. The first-order valence-corrected chi connectivity index (χ1v) is 9.71. The van der Waals surface area contributed by atoms with E-state index in [2.05, 4.69) is 19.4 Å². The van der Waals surface area contributed by atoms with Crippen molar-refractivity contribution >= 4 is 34.4 Å². The Kier molecular flexibility index (Phi) is 4.10. The van der Waals surface area contributed by atoms with Gasteiger partial charge in [0, 0.05) is 30.8 Å². The summed E-state index contributed by atoms with van der Waals surface area (Å²) >= 11 is 1.06.